The maximum absolute atomic E-state index is 13.4. The second-order valence-corrected chi connectivity index (χ2v) is 6.40. The normalized spacial score (nSPS) is 16.8. The van der Waals surface area contributed by atoms with E-state index >= 15 is 0 Å². The van der Waals surface area contributed by atoms with Crippen molar-refractivity contribution in [3.63, 3.8) is 0 Å². The number of anilines is 3. The summed E-state index contributed by atoms with van der Waals surface area (Å²) in [6.45, 7) is 1.17. The van der Waals surface area contributed by atoms with Crippen molar-refractivity contribution in [2.24, 2.45) is 0 Å². The number of aromatic nitrogens is 2. The number of benzene rings is 2. The topological polar surface area (TPSA) is 82.3 Å². The molecule has 0 spiro atoms. The molecule has 1 aliphatic heterocycles. The Kier molecular flexibility index (Phi) is 4.48. The van der Waals surface area contributed by atoms with E-state index in [1.165, 1.54) is 12.1 Å². The summed E-state index contributed by atoms with van der Waals surface area (Å²) in [5.74, 6) is 0.0122. The van der Waals surface area contributed by atoms with Crippen molar-refractivity contribution < 1.29 is 13.9 Å². The van der Waals surface area contributed by atoms with Crippen molar-refractivity contribution in [2.45, 2.75) is 12.5 Å². The first-order valence-corrected chi connectivity index (χ1v) is 8.50. The van der Waals surface area contributed by atoms with Crippen LogP contribution in [0.25, 0.3) is 10.9 Å². The largest absolute Gasteiger partial charge is 0.458 e. The van der Waals surface area contributed by atoms with Gasteiger partial charge in [-0.25, -0.2) is 4.39 Å². The number of nitrogens with one attached hydrogen (secondary N) is 1. The number of fused-ring (bicyclic) bond motifs is 1. The molecule has 1 unspecified atom stereocenters. The molecule has 3 N–H and O–H groups in total. The minimum Gasteiger partial charge on any atom is -0.458 e. The van der Waals surface area contributed by atoms with Gasteiger partial charge in [0, 0.05) is 23.2 Å². The molecule has 1 aliphatic rings. The van der Waals surface area contributed by atoms with Crippen molar-refractivity contribution >= 4 is 39.7 Å². The second kappa shape index (κ2) is 6.93. The zero-order valence-corrected chi connectivity index (χ0v) is 14.5. The number of rotatable bonds is 4. The summed E-state index contributed by atoms with van der Waals surface area (Å²) in [4.78, 5) is 8.90. The fourth-order valence-electron chi connectivity index (χ4n) is 2.74. The van der Waals surface area contributed by atoms with Gasteiger partial charge in [0.2, 0.25) is 0 Å². The van der Waals surface area contributed by atoms with Gasteiger partial charge in [-0.1, -0.05) is 11.6 Å². The Balaban J connectivity index is 1.74. The smallest absolute Gasteiger partial charge is 0.319 e. The van der Waals surface area contributed by atoms with E-state index < -0.39 is 5.82 Å². The van der Waals surface area contributed by atoms with Crippen LogP contribution in [0.15, 0.2) is 36.4 Å². The quantitative estimate of drug-likeness (QED) is 0.673. The number of hydrogen-bond donors (Lipinski definition) is 2. The summed E-state index contributed by atoms with van der Waals surface area (Å²) in [7, 11) is 0. The predicted molar refractivity (Wildman–Crippen MR) is 98.5 cm³/mol. The van der Waals surface area contributed by atoms with Crippen LogP contribution in [0.3, 0.4) is 0 Å². The van der Waals surface area contributed by atoms with Crippen molar-refractivity contribution in [3.8, 4) is 6.01 Å². The fourth-order valence-corrected chi connectivity index (χ4v) is 2.92. The maximum atomic E-state index is 13.4. The third-order valence-corrected chi connectivity index (χ3v) is 4.33. The first kappa shape index (κ1) is 16.8. The van der Waals surface area contributed by atoms with E-state index in [1.807, 2.05) is 0 Å². The van der Waals surface area contributed by atoms with E-state index in [1.54, 1.807) is 24.3 Å². The molecule has 8 heteroatoms. The highest BCUT2D eigenvalue weighted by molar-refractivity contribution is 6.31. The molecule has 4 rings (SSSR count). The second-order valence-electron chi connectivity index (χ2n) is 5.99. The predicted octanol–water partition coefficient (Wildman–Crippen LogP) is 3.92. The fraction of sp³-hybridized carbons (Fsp3) is 0.222. The Bertz CT molecular complexity index is 963. The number of halogens is 2. The first-order chi connectivity index (χ1) is 12.6. The third-order valence-electron chi connectivity index (χ3n) is 4.04. The Labute approximate surface area is 154 Å². The summed E-state index contributed by atoms with van der Waals surface area (Å²) >= 11 is 5.86. The molecular formula is C18H16ClFN4O2. The molecule has 1 fully saturated rings. The molecule has 0 aliphatic carbocycles. The van der Waals surface area contributed by atoms with Crippen LogP contribution in [0, 0.1) is 5.82 Å². The van der Waals surface area contributed by atoms with Crippen molar-refractivity contribution in [1.29, 1.82) is 0 Å². The van der Waals surface area contributed by atoms with Gasteiger partial charge >= 0.3 is 6.01 Å². The lowest BCUT2D eigenvalue weighted by Crippen LogP contribution is -2.17. The lowest BCUT2D eigenvalue weighted by molar-refractivity contribution is 0.134. The van der Waals surface area contributed by atoms with Crippen molar-refractivity contribution in [2.75, 3.05) is 24.3 Å². The number of nitrogens with two attached hydrogens (primary N) is 1. The van der Waals surface area contributed by atoms with E-state index in [9.17, 15) is 4.39 Å². The Morgan fingerprint density at radius 2 is 2.12 bits per heavy atom. The molecule has 6 nitrogen and oxygen atoms in total. The van der Waals surface area contributed by atoms with E-state index in [-0.39, 0.29) is 17.1 Å². The van der Waals surface area contributed by atoms with Crippen molar-refractivity contribution in [1.82, 2.24) is 9.97 Å². The molecule has 2 heterocycles. The molecule has 3 aromatic rings. The van der Waals surface area contributed by atoms with Crippen LogP contribution in [0.5, 0.6) is 6.01 Å². The molecular weight excluding hydrogens is 359 g/mol. The average molecular weight is 375 g/mol. The number of hydrogen-bond acceptors (Lipinski definition) is 6. The van der Waals surface area contributed by atoms with Gasteiger partial charge in [-0.2, -0.15) is 9.97 Å². The number of nitrogen functional groups attached to an aromatic ring is 1. The van der Waals surface area contributed by atoms with Gasteiger partial charge in [-0.05, 0) is 36.4 Å². The van der Waals surface area contributed by atoms with Gasteiger partial charge in [-0.3, -0.25) is 0 Å². The van der Waals surface area contributed by atoms with Crippen LogP contribution in [-0.4, -0.2) is 29.3 Å². The van der Waals surface area contributed by atoms with Crippen molar-refractivity contribution in [3.05, 3.63) is 47.2 Å². The molecule has 2 aromatic carbocycles. The summed E-state index contributed by atoms with van der Waals surface area (Å²) in [6.07, 6.45) is 0.716. The van der Waals surface area contributed by atoms with Gasteiger partial charge < -0.3 is 20.5 Å². The highest BCUT2D eigenvalue weighted by Gasteiger charge is 2.19. The molecule has 0 amide bonds. The van der Waals surface area contributed by atoms with Crippen LogP contribution >= 0.6 is 11.6 Å². The highest BCUT2D eigenvalue weighted by Crippen LogP contribution is 2.29. The number of nitrogens with zero attached hydrogens (tertiary/aromatic N) is 2. The average Bonchev–Trinajstić information content (AvgIpc) is 3.12. The van der Waals surface area contributed by atoms with E-state index in [0.717, 1.165) is 11.8 Å². The van der Waals surface area contributed by atoms with Crippen LogP contribution in [-0.2, 0) is 4.74 Å². The molecule has 134 valence electrons. The third kappa shape index (κ3) is 3.49. The van der Waals surface area contributed by atoms with E-state index in [4.69, 9.17) is 26.8 Å². The van der Waals surface area contributed by atoms with Crippen LogP contribution < -0.4 is 15.8 Å². The molecule has 1 aromatic heterocycles. The zero-order valence-electron chi connectivity index (χ0n) is 13.7. The Hall–Kier alpha value is -2.64. The summed E-state index contributed by atoms with van der Waals surface area (Å²) in [5.41, 5.74) is 7.75. The summed E-state index contributed by atoms with van der Waals surface area (Å²) in [5, 5.41) is 3.88. The van der Waals surface area contributed by atoms with Gasteiger partial charge in [-0.15, -0.1) is 0 Å². The SMILES string of the molecule is Nc1ccc2nc(OC3CCOC3)nc(Nc3ccc(F)c(Cl)c3)c2c1. The summed E-state index contributed by atoms with van der Waals surface area (Å²) < 4.78 is 24.6. The van der Waals surface area contributed by atoms with Crippen LogP contribution in [0.1, 0.15) is 6.42 Å². The maximum Gasteiger partial charge on any atom is 0.319 e. The van der Waals surface area contributed by atoms with E-state index in [2.05, 4.69) is 15.3 Å². The lowest BCUT2D eigenvalue weighted by Gasteiger charge is -2.14. The highest BCUT2D eigenvalue weighted by atomic mass is 35.5. The monoisotopic (exact) mass is 374 g/mol. The molecule has 0 saturated carbocycles. The Morgan fingerprint density at radius 1 is 1.23 bits per heavy atom. The molecule has 0 radical (unpaired) electrons. The van der Waals surface area contributed by atoms with Crippen LogP contribution in [0.4, 0.5) is 21.6 Å². The van der Waals surface area contributed by atoms with Crippen LogP contribution in [0.2, 0.25) is 5.02 Å². The first-order valence-electron chi connectivity index (χ1n) is 8.12. The van der Waals surface area contributed by atoms with Gasteiger partial charge in [0.25, 0.3) is 0 Å². The summed E-state index contributed by atoms with van der Waals surface area (Å²) in [6, 6.07) is 9.92. The molecule has 1 atom stereocenters. The standard InChI is InChI=1S/C18H16ClFN4O2/c19-14-8-11(2-3-15(14)20)22-17-13-7-10(21)1-4-16(13)23-18(24-17)26-12-5-6-25-9-12/h1-4,7-8,12H,5-6,9,21H2,(H,22,23,24). The lowest BCUT2D eigenvalue weighted by atomic mass is 10.2. The number of ether oxygens (including phenoxy) is 2. The van der Waals surface area contributed by atoms with Gasteiger partial charge in [0.1, 0.15) is 17.7 Å². The minimum atomic E-state index is -0.487. The minimum absolute atomic E-state index is 0.0208. The zero-order chi connectivity index (χ0) is 18.1. The molecule has 1 saturated heterocycles. The van der Waals surface area contributed by atoms with E-state index in [0.29, 0.717) is 35.9 Å². The molecule has 0 bridgehead atoms. The van der Waals surface area contributed by atoms with Gasteiger partial charge in [0.05, 0.1) is 23.8 Å². The Morgan fingerprint density at radius 3 is 2.88 bits per heavy atom. The van der Waals surface area contributed by atoms with Gasteiger partial charge in [0.15, 0.2) is 0 Å². The molecule has 26 heavy (non-hydrogen) atoms.